The third-order valence-corrected chi connectivity index (χ3v) is 14.4. The van der Waals surface area contributed by atoms with Gasteiger partial charge < -0.3 is 9.84 Å². The minimum Gasteiger partial charge on any atom is -0.462 e. The minimum atomic E-state index is -0.123. The summed E-state index contributed by atoms with van der Waals surface area (Å²) in [4.78, 5) is 11.9. The molecular weight excluding hydrogens is 432 g/mol. The zero-order valence-corrected chi connectivity index (χ0v) is 24.3. The average molecular weight is 487 g/mol. The van der Waals surface area contributed by atoms with Crippen molar-refractivity contribution in [2.45, 2.75) is 139 Å². The van der Waals surface area contributed by atoms with Gasteiger partial charge in [0.2, 0.25) is 0 Å². The number of carbonyl (C=O) groups excluding carboxylic acids is 1. The second-order valence-electron chi connectivity index (χ2n) is 16.1. The summed E-state index contributed by atoms with van der Waals surface area (Å²) in [5.74, 6) is 2.47. The Bertz CT molecular complexity index is 880. The van der Waals surface area contributed by atoms with E-state index in [1.165, 1.54) is 51.4 Å². The van der Waals surface area contributed by atoms with Gasteiger partial charge in [-0.25, -0.2) is 0 Å². The van der Waals surface area contributed by atoms with Crippen molar-refractivity contribution in [1.29, 1.82) is 0 Å². The summed E-state index contributed by atoms with van der Waals surface area (Å²) in [6.07, 6.45) is 12.2. The SMILES string of the molecule is CC(=O)O[C@@H]1C[C@]2(C)CC[C@]3(C)[C@H]4CC[C@@]5(C)[C@@H](CC[C@H](O)[C@@H]5C)[C@]4(C)CC[C@@]3(C)[C@@H]2CC1(C)C. The van der Waals surface area contributed by atoms with Crippen LogP contribution in [0.1, 0.15) is 127 Å². The Balaban J connectivity index is 1.50. The van der Waals surface area contributed by atoms with E-state index in [-0.39, 0.29) is 34.4 Å². The third kappa shape index (κ3) is 3.34. The Labute approximate surface area is 215 Å². The molecule has 1 N–H and O–H groups in total. The number of esters is 1. The molecule has 5 aliphatic carbocycles. The number of carbonyl (C=O) groups is 1. The van der Waals surface area contributed by atoms with Crippen LogP contribution < -0.4 is 0 Å². The molecule has 0 bridgehead atoms. The largest absolute Gasteiger partial charge is 0.462 e. The van der Waals surface area contributed by atoms with Crippen LogP contribution in [0.25, 0.3) is 0 Å². The number of ether oxygens (including phenoxy) is 1. The van der Waals surface area contributed by atoms with Crippen molar-refractivity contribution in [3.63, 3.8) is 0 Å². The Hall–Kier alpha value is -0.570. The molecule has 0 aromatic carbocycles. The van der Waals surface area contributed by atoms with Crippen molar-refractivity contribution in [3.8, 4) is 0 Å². The van der Waals surface area contributed by atoms with E-state index in [0.717, 1.165) is 24.7 Å². The summed E-state index contributed by atoms with van der Waals surface area (Å²) in [5, 5.41) is 10.8. The molecule has 0 amide bonds. The Morgan fingerprint density at radius 2 is 1.37 bits per heavy atom. The number of aliphatic hydroxyl groups is 1. The molecule has 0 aliphatic heterocycles. The first kappa shape index (κ1) is 26.1. The zero-order chi connectivity index (χ0) is 25.8. The molecular formula is C32H54O3. The van der Waals surface area contributed by atoms with Crippen LogP contribution in [0.4, 0.5) is 0 Å². The van der Waals surface area contributed by atoms with E-state index in [1.54, 1.807) is 6.92 Å². The van der Waals surface area contributed by atoms with Crippen molar-refractivity contribution >= 4 is 5.97 Å². The van der Waals surface area contributed by atoms with Crippen molar-refractivity contribution < 1.29 is 14.6 Å². The molecule has 0 radical (unpaired) electrons. The maximum Gasteiger partial charge on any atom is 0.302 e. The highest BCUT2D eigenvalue weighted by atomic mass is 16.5. The minimum absolute atomic E-state index is 0.0257. The van der Waals surface area contributed by atoms with Crippen LogP contribution in [0.2, 0.25) is 0 Å². The Kier molecular flexibility index (Phi) is 5.76. The predicted molar refractivity (Wildman–Crippen MR) is 142 cm³/mol. The third-order valence-electron chi connectivity index (χ3n) is 14.4. The van der Waals surface area contributed by atoms with Gasteiger partial charge >= 0.3 is 5.97 Å². The average Bonchev–Trinajstić information content (AvgIpc) is 2.75. The molecule has 0 aromatic heterocycles. The molecule has 35 heavy (non-hydrogen) atoms. The van der Waals surface area contributed by atoms with Crippen molar-refractivity contribution in [2.24, 2.45) is 56.2 Å². The number of hydrogen-bond acceptors (Lipinski definition) is 3. The van der Waals surface area contributed by atoms with Crippen molar-refractivity contribution in [1.82, 2.24) is 0 Å². The quantitative estimate of drug-likeness (QED) is 0.385. The van der Waals surface area contributed by atoms with E-state index >= 15 is 0 Å². The van der Waals surface area contributed by atoms with Crippen LogP contribution in [0.15, 0.2) is 0 Å². The summed E-state index contributed by atoms with van der Waals surface area (Å²) >= 11 is 0. The first-order valence-electron chi connectivity index (χ1n) is 14.9. The van der Waals surface area contributed by atoms with Crippen LogP contribution in [0, 0.1) is 56.2 Å². The highest BCUT2D eigenvalue weighted by molar-refractivity contribution is 5.66. The van der Waals surface area contributed by atoms with Gasteiger partial charge in [-0.3, -0.25) is 4.79 Å². The fourth-order valence-electron chi connectivity index (χ4n) is 11.8. The van der Waals surface area contributed by atoms with Crippen LogP contribution >= 0.6 is 0 Å². The lowest BCUT2D eigenvalue weighted by molar-refractivity contribution is -0.270. The first-order valence-corrected chi connectivity index (χ1v) is 14.9. The summed E-state index contributed by atoms with van der Waals surface area (Å²) in [6.45, 7) is 21.7. The molecule has 5 aliphatic rings. The van der Waals surface area contributed by atoms with E-state index in [9.17, 15) is 9.90 Å². The van der Waals surface area contributed by atoms with Gasteiger partial charge in [0.15, 0.2) is 0 Å². The van der Waals surface area contributed by atoms with E-state index in [0.29, 0.717) is 28.1 Å². The normalized spacial score (nSPS) is 57.2. The highest BCUT2D eigenvalue weighted by Crippen LogP contribution is 2.78. The molecule has 5 fully saturated rings. The topological polar surface area (TPSA) is 46.5 Å². The van der Waals surface area contributed by atoms with Gasteiger partial charge in [-0.05, 0) is 115 Å². The van der Waals surface area contributed by atoms with E-state index in [1.807, 2.05) is 0 Å². The monoisotopic (exact) mass is 486 g/mol. The Morgan fingerprint density at radius 1 is 0.743 bits per heavy atom. The Morgan fingerprint density at radius 3 is 2.03 bits per heavy atom. The lowest BCUT2D eigenvalue weighted by atomic mass is 9.30. The number of fused-ring (bicyclic) bond motifs is 7. The second kappa shape index (κ2) is 7.73. The molecule has 11 atom stereocenters. The van der Waals surface area contributed by atoms with Gasteiger partial charge in [0, 0.05) is 12.3 Å². The number of aliphatic hydroxyl groups excluding tert-OH is 1. The summed E-state index contributed by atoms with van der Waals surface area (Å²) in [7, 11) is 0. The van der Waals surface area contributed by atoms with Crippen LogP contribution in [-0.4, -0.2) is 23.3 Å². The number of hydrogen-bond donors (Lipinski definition) is 1. The van der Waals surface area contributed by atoms with Crippen LogP contribution in [0.5, 0.6) is 0 Å². The molecule has 0 saturated heterocycles. The standard InChI is InChI=1S/C32H54O3/c1-20-22(34)10-11-23-29(20,6)13-12-24-30(23,7)15-17-32(9)25-18-27(3,4)26(35-21(2)33)19-28(25,5)14-16-31(24,32)8/h20,22-26,34H,10-19H2,1-9H3/t20-,22-,23+,24-,25+,26+,28-,29+,30-,31+,32-/m0/s1. The van der Waals surface area contributed by atoms with Crippen molar-refractivity contribution in [3.05, 3.63) is 0 Å². The lowest BCUT2D eigenvalue weighted by Gasteiger charge is -2.75. The van der Waals surface area contributed by atoms with E-state index in [2.05, 4.69) is 55.4 Å². The van der Waals surface area contributed by atoms with E-state index < -0.39 is 0 Å². The summed E-state index contributed by atoms with van der Waals surface area (Å²) < 4.78 is 5.95. The molecule has 200 valence electrons. The van der Waals surface area contributed by atoms with Gasteiger partial charge in [-0.1, -0.05) is 55.4 Å². The van der Waals surface area contributed by atoms with Gasteiger partial charge in [0.25, 0.3) is 0 Å². The molecule has 3 heteroatoms. The van der Waals surface area contributed by atoms with Crippen molar-refractivity contribution in [2.75, 3.05) is 0 Å². The summed E-state index contributed by atoms with van der Waals surface area (Å²) in [6, 6.07) is 0. The molecule has 0 unspecified atom stereocenters. The molecule has 5 saturated carbocycles. The molecule has 0 aromatic rings. The number of rotatable bonds is 1. The van der Waals surface area contributed by atoms with Crippen LogP contribution in [-0.2, 0) is 9.53 Å². The molecule has 3 nitrogen and oxygen atoms in total. The highest BCUT2D eigenvalue weighted by Gasteiger charge is 2.71. The van der Waals surface area contributed by atoms with Gasteiger partial charge in [-0.15, -0.1) is 0 Å². The fourth-order valence-corrected chi connectivity index (χ4v) is 11.8. The van der Waals surface area contributed by atoms with Gasteiger partial charge in [0.05, 0.1) is 6.10 Å². The van der Waals surface area contributed by atoms with Gasteiger partial charge in [0.1, 0.15) is 6.10 Å². The fraction of sp³-hybridized carbons (Fsp3) is 0.969. The van der Waals surface area contributed by atoms with Crippen LogP contribution in [0.3, 0.4) is 0 Å². The maximum absolute atomic E-state index is 11.9. The molecule has 5 rings (SSSR count). The molecule has 0 heterocycles. The zero-order valence-electron chi connectivity index (χ0n) is 24.3. The lowest BCUT2D eigenvalue weighted by Crippen LogP contribution is -2.68. The van der Waals surface area contributed by atoms with E-state index in [4.69, 9.17) is 4.74 Å². The maximum atomic E-state index is 11.9. The first-order chi connectivity index (χ1) is 16.0. The summed E-state index contributed by atoms with van der Waals surface area (Å²) in [5.41, 5.74) is 1.63. The molecule has 0 spiro atoms. The predicted octanol–water partition coefficient (Wildman–Crippen LogP) is 7.79. The smallest absolute Gasteiger partial charge is 0.302 e. The second-order valence-corrected chi connectivity index (χ2v) is 16.1. The van der Waals surface area contributed by atoms with Gasteiger partial charge in [-0.2, -0.15) is 0 Å².